The van der Waals surface area contributed by atoms with Gasteiger partial charge in [-0.05, 0) is 37.0 Å². The molecule has 2 atom stereocenters. The lowest BCUT2D eigenvalue weighted by atomic mass is 9.99. The lowest BCUT2D eigenvalue weighted by Crippen LogP contribution is -2.30. The molecule has 0 aromatic rings. The normalized spacial score (nSPS) is 12.5. The monoisotopic (exact) mass is 975 g/mol. The summed E-state index contributed by atoms with van der Waals surface area (Å²) in [7, 11) is 0. The first kappa shape index (κ1) is 67.4. The lowest BCUT2D eigenvalue weighted by molar-refractivity contribution is -0.167. The molecule has 0 aromatic heterocycles. The van der Waals surface area contributed by atoms with Crippen LogP contribution in [0.3, 0.4) is 0 Å². The van der Waals surface area contributed by atoms with Crippen molar-refractivity contribution in [1.82, 2.24) is 0 Å². The summed E-state index contributed by atoms with van der Waals surface area (Å²) >= 11 is 0. The molecule has 0 aliphatic heterocycles. The Morgan fingerprint density at radius 2 is 0.507 bits per heavy atom. The van der Waals surface area contributed by atoms with Crippen molar-refractivity contribution in [2.75, 3.05) is 13.2 Å². The maximum absolute atomic E-state index is 12.9. The average molecular weight is 976 g/mol. The highest BCUT2D eigenvalue weighted by Crippen LogP contribution is 2.19. The van der Waals surface area contributed by atoms with E-state index in [1.165, 1.54) is 231 Å². The van der Waals surface area contributed by atoms with Gasteiger partial charge in [0.25, 0.3) is 0 Å². The SMILES string of the molecule is CCC(C)CCCCCCCCCCCCCCCCC(=O)OC[C@H](COC(=O)CCCCCCCCCCCCCCC(C)C)OC(=O)CCCCCCCCCCCCCCCCCC(C)C. The molecule has 0 saturated carbocycles. The van der Waals surface area contributed by atoms with Gasteiger partial charge in [-0.15, -0.1) is 0 Å². The summed E-state index contributed by atoms with van der Waals surface area (Å²) in [5.74, 6) is 1.74. The van der Waals surface area contributed by atoms with Crippen LogP contribution >= 0.6 is 0 Å². The van der Waals surface area contributed by atoms with Gasteiger partial charge in [-0.1, -0.05) is 311 Å². The summed E-state index contributed by atoms with van der Waals surface area (Å²) < 4.78 is 16.9. The topological polar surface area (TPSA) is 78.9 Å². The third-order valence-corrected chi connectivity index (χ3v) is 14.8. The van der Waals surface area contributed by atoms with Crippen molar-refractivity contribution in [2.24, 2.45) is 17.8 Å². The summed E-state index contributed by atoms with van der Waals surface area (Å²) in [6.07, 6.45) is 58.0. The second kappa shape index (κ2) is 54.2. The number of rotatable bonds is 56. The first-order chi connectivity index (χ1) is 33.6. The van der Waals surface area contributed by atoms with Crippen LogP contribution in [-0.2, 0) is 28.6 Å². The summed E-state index contributed by atoms with van der Waals surface area (Å²) in [4.78, 5) is 38.3. The minimum absolute atomic E-state index is 0.0628. The molecule has 0 amide bonds. The summed E-state index contributed by atoms with van der Waals surface area (Å²) in [5.41, 5.74) is 0. The van der Waals surface area contributed by atoms with Crippen molar-refractivity contribution in [2.45, 2.75) is 356 Å². The number of unbranched alkanes of at least 4 members (excludes halogenated alkanes) is 38. The van der Waals surface area contributed by atoms with Gasteiger partial charge in [-0.3, -0.25) is 14.4 Å². The van der Waals surface area contributed by atoms with Gasteiger partial charge < -0.3 is 14.2 Å². The van der Waals surface area contributed by atoms with Crippen molar-refractivity contribution >= 4 is 17.9 Å². The van der Waals surface area contributed by atoms with E-state index >= 15 is 0 Å². The zero-order valence-corrected chi connectivity index (χ0v) is 47.6. The van der Waals surface area contributed by atoms with Crippen LogP contribution in [0.15, 0.2) is 0 Å². The van der Waals surface area contributed by atoms with Gasteiger partial charge in [-0.25, -0.2) is 0 Å². The van der Waals surface area contributed by atoms with Crippen molar-refractivity contribution in [3.05, 3.63) is 0 Å². The van der Waals surface area contributed by atoms with Crippen molar-refractivity contribution < 1.29 is 28.6 Å². The fourth-order valence-corrected chi connectivity index (χ4v) is 9.67. The number of ether oxygens (including phenoxy) is 3. The molecule has 410 valence electrons. The van der Waals surface area contributed by atoms with Crippen LogP contribution in [0.1, 0.15) is 350 Å². The van der Waals surface area contributed by atoms with Gasteiger partial charge in [0.15, 0.2) is 6.10 Å². The van der Waals surface area contributed by atoms with E-state index in [1.807, 2.05) is 0 Å². The van der Waals surface area contributed by atoms with Crippen LogP contribution in [-0.4, -0.2) is 37.2 Å². The van der Waals surface area contributed by atoms with E-state index in [4.69, 9.17) is 14.2 Å². The van der Waals surface area contributed by atoms with E-state index < -0.39 is 6.10 Å². The summed E-state index contributed by atoms with van der Waals surface area (Å²) in [6, 6.07) is 0. The van der Waals surface area contributed by atoms with E-state index in [1.54, 1.807) is 0 Å². The van der Waals surface area contributed by atoms with E-state index in [2.05, 4.69) is 41.5 Å². The first-order valence-electron chi connectivity index (χ1n) is 31.1. The van der Waals surface area contributed by atoms with Crippen molar-refractivity contribution in [3.63, 3.8) is 0 Å². The minimum atomic E-state index is -0.764. The van der Waals surface area contributed by atoms with Crippen LogP contribution in [0.2, 0.25) is 0 Å². The fraction of sp³-hybridized carbons (Fsp3) is 0.952. The zero-order valence-electron chi connectivity index (χ0n) is 47.6. The number of carbonyl (C=O) groups is 3. The molecule has 0 radical (unpaired) electrons. The maximum atomic E-state index is 12.9. The van der Waals surface area contributed by atoms with Gasteiger partial charge >= 0.3 is 17.9 Å². The standard InChI is InChI=1S/C63H122O6/c1-7-59(6)51-45-39-33-27-21-14-11-12-15-22-28-34-40-46-52-61(64)67-55-60(56-68-62(65)53-47-41-35-29-23-18-17-20-26-32-38-44-50-58(4)5)69-63(66)54-48-42-36-30-24-16-10-8-9-13-19-25-31-37-43-49-57(2)3/h57-60H,7-56H2,1-6H3/t59?,60-/m1/s1. The van der Waals surface area contributed by atoms with E-state index in [0.717, 1.165) is 75.5 Å². The largest absolute Gasteiger partial charge is 0.462 e. The molecule has 0 aromatic carbocycles. The third kappa shape index (κ3) is 55.6. The van der Waals surface area contributed by atoms with Crippen LogP contribution in [0.4, 0.5) is 0 Å². The molecular formula is C63H122O6. The molecule has 69 heavy (non-hydrogen) atoms. The minimum Gasteiger partial charge on any atom is -0.462 e. The van der Waals surface area contributed by atoms with E-state index in [9.17, 15) is 14.4 Å². The number of hydrogen-bond donors (Lipinski definition) is 0. The van der Waals surface area contributed by atoms with Gasteiger partial charge in [-0.2, -0.15) is 0 Å². The Labute approximate surface area is 431 Å². The molecule has 0 fully saturated rings. The van der Waals surface area contributed by atoms with Gasteiger partial charge in [0.05, 0.1) is 0 Å². The Hall–Kier alpha value is -1.59. The van der Waals surface area contributed by atoms with Crippen LogP contribution in [0.5, 0.6) is 0 Å². The first-order valence-corrected chi connectivity index (χ1v) is 31.1. The zero-order chi connectivity index (χ0) is 50.5. The molecule has 0 N–H and O–H groups in total. The van der Waals surface area contributed by atoms with E-state index in [0.29, 0.717) is 19.3 Å². The molecule has 0 saturated heterocycles. The van der Waals surface area contributed by atoms with Gasteiger partial charge in [0.1, 0.15) is 13.2 Å². The Balaban J connectivity index is 4.30. The third-order valence-electron chi connectivity index (χ3n) is 14.8. The average Bonchev–Trinajstić information content (AvgIpc) is 3.32. The summed E-state index contributed by atoms with van der Waals surface area (Å²) in [6.45, 7) is 13.8. The van der Waals surface area contributed by atoms with Crippen molar-refractivity contribution in [1.29, 1.82) is 0 Å². The molecule has 1 unspecified atom stereocenters. The molecule has 0 aliphatic rings. The highest BCUT2D eigenvalue weighted by atomic mass is 16.6. The second-order valence-electron chi connectivity index (χ2n) is 22.9. The number of esters is 3. The Kier molecular flexibility index (Phi) is 52.9. The maximum Gasteiger partial charge on any atom is 0.306 e. The summed E-state index contributed by atoms with van der Waals surface area (Å²) in [5, 5.41) is 0. The van der Waals surface area contributed by atoms with Gasteiger partial charge in [0.2, 0.25) is 0 Å². The fourth-order valence-electron chi connectivity index (χ4n) is 9.67. The van der Waals surface area contributed by atoms with Crippen LogP contribution in [0.25, 0.3) is 0 Å². The molecule has 6 nitrogen and oxygen atoms in total. The molecule has 0 spiro atoms. The molecule has 0 aliphatic carbocycles. The smallest absolute Gasteiger partial charge is 0.306 e. The Morgan fingerprint density at radius 1 is 0.290 bits per heavy atom. The Morgan fingerprint density at radius 3 is 0.754 bits per heavy atom. The molecule has 0 heterocycles. The molecule has 0 bridgehead atoms. The molecule has 0 rings (SSSR count). The van der Waals surface area contributed by atoms with Crippen LogP contribution < -0.4 is 0 Å². The van der Waals surface area contributed by atoms with Crippen LogP contribution in [0, 0.1) is 17.8 Å². The highest BCUT2D eigenvalue weighted by molar-refractivity contribution is 5.71. The molecule has 6 heteroatoms. The highest BCUT2D eigenvalue weighted by Gasteiger charge is 2.19. The Bertz CT molecular complexity index is 1070. The quantitative estimate of drug-likeness (QED) is 0.0343. The predicted octanol–water partition coefficient (Wildman–Crippen LogP) is 20.7. The molecular weight excluding hydrogens is 853 g/mol. The van der Waals surface area contributed by atoms with Crippen molar-refractivity contribution in [3.8, 4) is 0 Å². The van der Waals surface area contributed by atoms with E-state index in [-0.39, 0.29) is 31.1 Å². The van der Waals surface area contributed by atoms with Gasteiger partial charge in [0, 0.05) is 19.3 Å². The number of hydrogen-bond acceptors (Lipinski definition) is 6. The predicted molar refractivity (Wildman–Crippen MR) is 298 cm³/mol. The number of carbonyl (C=O) groups excluding carboxylic acids is 3. The lowest BCUT2D eigenvalue weighted by Gasteiger charge is -2.18. The second-order valence-corrected chi connectivity index (χ2v) is 22.9.